The minimum atomic E-state index is -1.00. The van der Waals surface area contributed by atoms with E-state index in [4.69, 9.17) is 9.15 Å². The van der Waals surface area contributed by atoms with Gasteiger partial charge in [-0.05, 0) is 56.5 Å². The molecular weight excluding hydrogens is 426 g/mol. The maximum atomic E-state index is 13.9. The third-order valence-corrected chi connectivity index (χ3v) is 7.87. The molecule has 7 nitrogen and oxygen atoms in total. The molecule has 0 atom stereocenters. The summed E-state index contributed by atoms with van der Waals surface area (Å²) in [6.45, 7) is 3.71. The number of nitrogens with one attached hydrogen (secondary N) is 1. The normalized spacial score (nSPS) is 17.6. The molecule has 32 heavy (non-hydrogen) atoms. The fraction of sp³-hybridized carbons (Fsp3) is 0.375. The molecule has 0 aliphatic carbocycles. The van der Waals surface area contributed by atoms with Crippen LogP contribution in [0.25, 0.3) is 10.8 Å². The smallest absolute Gasteiger partial charge is 0.241 e. The number of thiophene rings is 1. The van der Waals surface area contributed by atoms with Crippen molar-refractivity contribution < 1.29 is 18.7 Å². The van der Waals surface area contributed by atoms with Crippen LogP contribution in [0.1, 0.15) is 34.3 Å². The number of hydrogen-bond donors (Lipinski definition) is 1. The Labute approximate surface area is 190 Å². The first kappa shape index (κ1) is 20.9. The average Bonchev–Trinajstić information content (AvgIpc) is 3.47. The quantitative estimate of drug-likeness (QED) is 0.593. The average molecular weight is 452 g/mol. The van der Waals surface area contributed by atoms with Crippen LogP contribution in [-0.4, -0.2) is 43.4 Å². The number of ketones is 1. The molecule has 0 bridgehead atoms. The lowest BCUT2D eigenvalue weighted by Gasteiger charge is -2.42. The van der Waals surface area contributed by atoms with Crippen molar-refractivity contribution in [1.29, 1.82) is 0 Å². The van der Waals surface area contributed by atoms with Gasteiger partial charge in [-0.3, -0.25) is 9.59 Å². The van der Waals surface area contributed by atoms with Crippen LogP contribution < -0.4 is 15.0 Å². The maximum Gasteiger partial charge on any atom is 0.241 e. The summed E-state index contributed by atoms with van der Waals surface area (Å²) in [7, 11) is 1.65. The molecule has 2 aliphatic rings. The molecule has 3 aromatic rings. The summed E-state index contributed by atoms with van der Waals surface area (Å²) in [6.07, 6.45) is 4.77. The lowest BCUT2D eigenvalue weighted by molar-refractivity contribution is -0.127. The molecule has 0 saturated carbocycles. The standard InChI is InChI=1S/C24H25N3O4S/c1-15-18-20(28)24(8-10-25-11-9-24)23(29)27(13-7-16-5-3-4-6-17(16)30-2)22(18)32-19(15)21-26-12-14-31-21/h3-6,12,14,25H,7-11,13H2,1-2H3. The van der Waals surface area contributed by atoms with Gasteiger partial charge in [-0.2, -0.15) is 0 Å². The van der Waals surface area contributed by atoms with E-state index in [1.165, 1.54) is 17.6 Å². The number of anilines is 1. The van der Waals surface area contributed by atoms with E-state index in [1.807, 2.05) is 36.1 Å². The third-order valence-electron chi connectivity index (χ3n) is 6.57. The summed E-state index contributed by atoms with van der Waals surface area (Å²) in [6, 6.07) is 7.83. The lowest BCUT2D eigenvalue weighted by Crippen LogP contribution is -2.57. The highest BCUT2D eigenvalue weighted by Crippen LogP contribution is 2.50. The van der Waals surface area contributed by atoms with E-state index < -0.39 is 5.41 Å². The molecule has 1 fully saturated rings. The number of piperidine rings is 1. The molecule has 1 amide bonds. The zero-order chi connectivity index (χ0) is 22.3. The van der Waals surface area contributed by atoms with Crippen LogP contribution in [-0.2, 0) is 11.2 Å². The molecule has 1 N–H and O–H groups in total. The molecule has 2 aromatic heterocycles. The summed E-state index contributed by atoms with van der Waals surface area (Å²) in [4.78, 5) is 34.6. The number of rotatable bonds is 5. The van der Waals surface area contributed by atoms with Crippen molar-refractivity contribution in [2.75, 3.05) is 31.6 Å². The number of Topliss-reactive ketones (excluding diaryl/α,β-unsaturated/α-hetero) is 1. The van der Waals surface area contributed by atoms with Crippen LogP contribution in [0.2, 0.25) is 0 Å². The van der Waals surface area contributed by atoms with E-state index in [-0.39, 0.29) is 11.7 Å². The lowest BCUT2D eigenvalue weighted by atomic mass is 9.69. The second-order valence-corrected chi connectivity index (χ2v) is 9.25. The Morgan fingerprint density at radius 3 is 2.75 bits per heavy atom. The Hall–Kier alpha value is -2.97. The van der Waals surface area contributed by atoms with Gasteiger partial charge in [0.05, 0.1) is 23.7 Å². The number of aromatic nitrogens is 1. The van der Waals surface area contributed by atoms with Crippen molar-refractivity contribution in [2.24, 2.45) is 5.41 Å². The van der Waals surface area contributed by atoms with Gasteiger partial charge < -0.3 is 19.4 Å². The second kappa shape index (κ2) is 8.18. The van der Waals surface area contributed by atoms with Gasteiger partial charge in [0.1, 0.15) is 22.4 Å². The molecule has 166 valence electrons. The van der Waals surface area contributed by atoms with Crippen LogP contribution in [0.5, 0.6) is 5.75 Å². The number of nitrogens with zero attached hydrogens (tertiary/aromatic N) is 2. The zero-order valence-electron chi connectivity index (χ0n) is 18.1. The molecule has 0 radical (unpaired) electrons. The predicted molar refractivity (Wildman–Crippen MR) is 122 cm³/mol. The molecule has 1 saturated heterocycles. The van der Waals surface area contributed by atoms with E-state index in [9.17, 15) is 9.59 Å². The van der Waals surface area contributed by atoms with Gasteiger partial charge in [-0.15, -0.1) is 11.3 Å². The highest BCUT2D eigenvalue weighted by Gasteiger charge is 2.54. The number of carbonyl (C=O) groups is 2. The second-order valence-electron chi connectivity index (χ2n) is 8.25. The van der Waals surface area contributed by atoms with Gasteiger partial charge in [0.15, 0.2) is 5.78 Å². The van der Waals surface area contributed by atoms with Crippen molar-refractivity contribution >= 4 is 28.0 Å². The van der Waals surface area contributed by atoms with Crippen LogP contribution in [0.3, 0.4) is 0 Å². The number of amides is 1. The third kappa shape index (κ3) is 3.17. The van der Waals surface area contributed by atoms with E-state index >= 15 is 0 Å². The monoisotopic (exact) mass is 451 g/mol. The van der Waals surface area contributed by atoms with E-state index in [0.717, 1.165) is 21.8 Å². The number of hydrogen-bond acceptors (Lipinski definition) is 7. The van der Waals surface area contributed by atoms with Crippen LogP contribution in [0.15, 0.2) is 41.1 Å². The summed E-state index contributed by atoms with van der Waals surface area (Å²) in [5.74, 6) is 1.13. The number of ether oxygens (including phenoxy) is 1. The minimum absolute atomic E-state index is 0.0564. The van der Waals surface area contributed by atoms with Gasteiger partial charge in [0.2, 0.25) is 11.8 Å². The number of para-hydroxylation sites is 1. The fourth-order valence-corrected chi connectivity index (χ4v) is 6.09. The van der Waals surface area contributed by atoms with Gasteiger partial charge in [0, 0.05) is 6.54 Å². The van der Waals surface area contributed by atoms with E-state index in [0.29, 0.717) is 55.4 Å². The summed E-state index contributed by atoms with van der Waals surface area (Å²) < 4.78 is 11.0. The van der Waals surface area contributed by atoms with E-state index in [1.54, 1.807) is 13.3 Å². The largest absolute Gasteiger partial charge is 0.496 e. The molecule has 4 heterocycles. The number of carbonyl (C=O) groups excluding carboxylic acids is 2. The molecule has 1 spiro atoms. The minimum Gasteiger partial charge on any atom is -0.496 e. The highest BCUT2D eigenvalue weighted by molar-refractivity contribution is 7.20. The van der Waals surface area contributed by atoms with E-state index in [2.05, 4.69) is 10.3 Å². The van der Waals surface area contributed by atoms with Crippen molar-refractivity contribution in [3.05, 3.63) is 53.4 Å². The first-order chi connectivity index (χ1) is 15.6. The number of fused-ring (bicyclic) bond motifs is 1. The van der Waals surface area contributed by atoms with Crippen molar-refractivity contribution in [3.63, 3.8) is 0 Å². The SMILES string of the molecule is COc1ccccc1CCN1C(=O)C2(CCNCC2)C(=O)c2c1sc(-c1ncco1)c2C. The van der Waals surface area contributed by atoms with Crippen molar-refractivity contribution in [2.45, 2.75) is 26.2 Å². The Morgan fingerprint density at radius 1 is 1.25 bits per heavy atom. The first-order valence-corrected chi connectivity index (χ1v) is 11.6. The van der Waals surface area contributed by atoms with Crippen molar-refractivity contribution in [3.8, 4) is 16.5 Å². The first-order valence-electron chi connectivity index (χ1n) is 10.8. The maximum absolute atomic E-state index is 13.9. The molecule has 0 unspecified atom stereocenters. The van der Waals surface area contributed by atoms with Gasteiger partial charge in [-0.1, -0.05) is 18.2 Å². The van der Waals surface area contributed by atoms with Crippen molar-refractivity contribution in [1.82, 2.24) is 10.3 Å². The molecule has 1 aromatic carbocycles. The summed E-state index contributed by atoms with van der Waals surface area (Å²) in [5.41, 5.74) is 1.51. The Morgan fingerprint density at radius 2 is 2.03 bits per heavy atom. The molecule has 5 rings (SSSR count). The fourth-order valence-electron chi connectivity index (χ4n) is 4.82. The molecule has 8 heteroatoms. The molecular formula is C24H25N3O4S. The van der Waals surface area contributed by atoms with Gasteiger partial charge in [-0.25, -0.2) is 4.98 Å². The summed E-state index contributed by atoms with van der Waals surface area (Å²) >= 11 is 1.41. The van der Waals surface area contributed by atoms with Gasteiger partial charge >= 0.3 is 0 Å². The number of methoxy groups -OCH3 is 1. The van der Waals surface area contributed by atoms with Crippen LogP contribution >= 0.6 is 11.3 Å². The number of oxazole rings is 1. The summed E-state index contributed by atoms with van der Waals surface area (Å²) in [5, 5.41) is 3.99. The molecule has 2 aliphatic heterocycles. The Balaban J connectivity index is 1.59. The van der Waals surface area contributed by atoms with Crippen LogP contribution in [0, 0.1) is 12.3 Å². The van der Waals surface area contributed by atoms with Crippen LogP contribution in [0.4, 0.5) is 5.00 Å². The van der Waals surface area contributed by atoms with Gasteiger partial charge in [0.25, 0.3) is 0 Å². The zero-order valence-corrected chi connectivity index (χ0v) is 19.0. The Bertz CT molecular complexity index is 1160. The highest BCUT2D eigenvalue weighted by atomic mass is 32.1. The predicted octanol–water partition coefficient (Wildman–Crippen LogP) is 3.86. The topological polar surface area (TPSA) is 84.7 Å². The number of benzene rings is 1. The Kier molecular flexibility index (Phi) is 5.35.